The third-order valence-corrected chi connectivity index (χ3v) is 2.67. The summed E-state index contributed by atoms with van der Waals surface area (Å²) in [5, 5.41) is 12.2. The highest BCUT2D eigenvalue weighted by atomic mass is 16.3. The number of nitrogens with one attached hydrogen (secondary N) is 1. The van der Waals surface area contributed by atoms with E-state index in [-0.39, 0.29) is 18.6 Å². The minimum absolute atomic E-state index is 0.0733. The van der Waals surface area contributed by atoms with Gasteiger partial charge in [-0.25, -0.2) is 0 Å². The SMILES string of the molecule is CCNCCC(=O)N1CCCC1CO. The van der Waals surface area contributed by atoms with Crippen LogP contribution in [-0.2, 0) is 4.79 Å². The summed E-state index contributed by atoms with van der Waals surface area (Å²) >= 11 is 0. The van der Waals surface area contributed by atoms with Gasteiger partial charge >= 0.3 is 0 Å². The number of aliphatic hydroxyl groups is 1. The number of hydrogen-bond donors (Lipinski definition) is 2. The molecule has 0 aromatic rings. The van der Waals surface area contributed by atoms with E-state index in [0.717, 1.165) is 32.5 Å². The molecule has 1 heterocycles. The molecule has 1 rings (SSSR count). The fourth-order valence-electron chi connectivity index (χ4n) is 1.87. The highest BCUT2D eigenvalue weighted by Crippen LogP contribution is 2.17. The van der Waals surface area contributed by atoms with Crippen LogP contribution in [0.2, 0.25) is 0 Å². The van der Waals surface area contributed by atoms with E-state index in [4.69, 9.17) is 5.11 Å². The van der Waals surface area contributed by atoms with Gasteiger partial charge in [0.05, 0.1) is 12.6 Å². The van der Waals surface area contributed by atoms with E-state index >= 15 is 0 Å². The first-order chi connectivity index (χ1) is 6.79. The van der Waals surface area contributed by atoms with Gasteiger partial charge in [-0.05, 0) is 19.4 Å². The van der Waals surface area contributed by atoms with Crippen molar-refractivity contribution in [3.05, 3.63) is 0 Å². The predicted molar refractivity (Wildman–Crippen MR) is 55.0 cm³/mol. The molecule has 0 bridgehead atoms. The Balaban J connectivity index is 2.28. The Kier molecular flexibility index (Phi) is 4.90. The normalized spacial score (nSPS) is 21.6. The Bertz CT molecular complexity index is 185. The quantitative estimate of drug-likeness (QED) is 0.613. The second-order valence-electron chi connectivity index (χ2n) is 3.67. The monoisotopic (exact) mass is 200 g/mol. The topological polar surface area (TPSA) is 52.6 Å². The van der Waals surface area contributed by atoms with Gasteiger partial charge in [-0.2, -0.15) is 0 Å². The minimum atomic E-state index is 0.0733. The predicted octanol–water partition coefficient (Wildman–Crippen LogP) is -0.0307. The average Bonchev–Trinajstić information content (AvgIpc) is 2.65. The summed E-state index contributed by atoms with van der Waals surface area (Å²) in [6, 6.07) is 0.0733. The number of likely N-dealkylation sites (tertiary alicyclic amines) is 1. The summed E-state index contributed by atoms with van der Waals surface area (Å²) in [7, 11) is 0. The number of hydrogen-bond acceptors (Lipinski definition) is 3. The van der Waals surface area contributed by atoms with Crippen LogP contribution in [0.25, 0.3) is 0 Å². The third kappa shape index (κ3) is 2.96. The summed E-state index contributed by atoms with van der Waals surface area (Å²) < 4.78 is 0. The zero-order chi connectivity index (χ0) is 10.4. The molecule has 4 heteroatoms. The van der Waals surface area contributed by atoms with Crippen molar-refractivity contribution in [3.8, 4) is 0 Å². The molecule has 82 valence electrons. The highest BCUT2D eigenvalue weighted by molar-refractivity contribution is 5.77. The van der Waals surface area contributed by atoms with Crippen LogP contribution in [0, 0.1) is 0 Å². The van der Waals surface area contributed by atoms with E-state index < -0.39 is 0 Å². The molecule has 14 heavy (non-hydrogen) atoms. The fourth-order valence-corrected chi connectivity index (χ4v) is 1.87. The lowest BCUT2D eigenvalue weighted by Gasteiger charge is -2.22. The molecule has 0 radical (unpaired) electrons. The maximum atomic E-state index is 11.7. The molecular weight excluding hydrogens is 180 g/mol. The average molecular weight is 200 g/mol. The molecule has 2 N–H and O–H groups in total. The van der Waals surface area contributed by atoms with Crippen LogP contribution >= 0.6 is 0 Å². The maximum absolute atomic E-state index is 11.7. The summed E-state index contributed by atoms with van der Waals surface area (Å²) in [6.45, 7) is 4.58. The fraction of sp³-hybridized carbons (Fsp3) is 0.900. The second kappa shape index (κ2) is 5.98. The molecular formula is C10H20N2O2. The summed E-state index contributed by atoms with van der Waals surface area (Å²) in [6.07, 6.45) is 2.52. The molecule has 0 aromatic heterocycles. The van der Waals surface area contributed by atoms with E-state index in [9.17, 15) is 4.79 Å². The molecule has 1 aliphatic heterocycles. The van der Waals surface area contributed by atoms with Crippen molar-refractivity contribution in [2.24, 2.45) is 0 Å². The molecule has 1 saturated heterocycles. The molecule has 1 amide bonds. The molecule has 1 unspecified atom stereocenters. The molecule has 0 saturated carbocycles. The summed E-state index contributed by atoms with van der Waals surface area (Å²) in [4.78, 5) is 13.5. The Hall–Kier alpha value is -0.610. The Morgan fingerprint density at radius 2 is 2.43 bits per heavy atom. The van der Waals surface area contributed by atoms with E-state index in [1.54, 1.807) is 0 Å². The molecule has 4 nitrogen and oxygen atoms in total. The third-order valence-electron chi connectivity index (χ3n) is 2.67. The van der Waals surface area contributed by atoms with Crippen LogP contribution in [0.3, 0.4) is 0 Å². The number of carbonyl (C=O) groups is 1. The first-order valence-electron chi connectivity index (χ1n) is 5.40. The van der Waals surface area contributed by atoms with Gasteiger partial charge in [-0.15, -0.1) is 0 Å². The van der Waals surface area contributed by atoms with Crippen LogP contribution in [0.15, 0.2) is 0 Å². The number of amides is 1. The standard InChI is InChI=1S/C10H20N2O2/c1-2-11-6-5-10(14)12-7-3-4-9(12)8-13/h9,11,13H,2-8H2,1H3. The molecule has 1 aliphatic rings. The Labute approximate surface area is 85.3 Å². The molecule has 0 spiro atoms. The van der Waals surface area contributed by atoms with Crippen molar-refractivity contribution >= 4 is 5.91 Å². The van der Waals surface area contributed by atoms with Crippen molar-refractivity contribution < 1.29 is 9.90 Å². The second-order valence-corrected chi connectivity index (χ2v) is 3.67. The van der Waals surface area contributed by atoms with Crippen LogP contribution in [-0.4, -0.2) is 48.2 Å². The number of aliphatic hydroxyl groups excluding tert-OH is 1. The van der Waals surface area contributed by atoms with Gasteiger partial charge in [0.15, 0.2) is 0 Å². The van der Waals surface area contributed by atoms with Crippen molar-refractivity contribution in [2.75, 3.05) is 26.2 Å². The van der Waals surface area contributed by atoms with Crippen molar-refractivity contribution in [2.45, 2.75) is 32.2 Å². The molecule has 1 atom stereocenters. The number of nitrogens with zero attached hydrogens (tertiary/aromatic N) is 1. The van der Waals surface area contributed by atoms with Gasteiger partial charge in [0.25, 0.3) is 0 Å². The minimum Gasteiger partial charge on any atom is -0.394 e. The summed E-state index contributed by atoms with van der Waals surface area (Å²) in [5.41, 5.74) is 0. The first kappa shape index (κ1) is 11.5. The summed E-state index contributed by atoms with van der Waals surface area (Å²) in [5.74, 6) is 0.169. The van der Waals surface area contributed by atoms with Gasteiger partial charge in [-0.1, -0.05) is 6.92 Å². The van der Waals surface area contributed by atoms with Gasteiger partial charge in [0.2, 0.25) is 5.91 Å². The Morgan fingerprint density at radius 1 is 1.64 bits per heavy atom. The Morgan fingerprint density at radius 3 is 3.07 bits per heavy atom. The van der Waals surface area contributed by atoms with E-state index in [1.165, 1.54) is 0 Å². The van der Waals surface area contributed by atoms with Gasteiger partial charge in [0, 0.05) is 19.5 Å². The largest absolute Gasteiger partial charge is 0.394 e. The van der Waals surface area contributed by atoms with Gasteiger partial charge < -0.3 is 15.3 Å². The maximum Gasteiger partial charge on any atom is 0.224 e. The lowest BCUT2D eigenvalue weighted by Crippen LogP contribution is -2.38. The van der Waals surface area contributed by atoms with Crippen molar-refractivity contribution in [3.63, 3.8) is 0 Å². The van der Waals surface area contributed by atoms with Gasteiger partial charge in [0.1, 0.15) is 0 Å². The highest BCUT2D eigenvalue weighted by Gasteiger charge is 2.27. The molecule has 0 aliphatic carbocycles. The smallest absolute Gasteiger partial charge is 0.224 e. The van der Waals surface area contributed by atoms with Crippen LogP contribution in [0.4, 0.5) is 0 Å². The van der Waals surface area contributed by atoms with Crippen LogP contribution in [0.5, 0.6) is 0 Å². The van der Waals surface area contributed by atoms with Gasteiger partial charge in [-0.3, -0.25) is 4.79 Å². The van der Waals surface area contributed by atoms with Crippen molar-refractivity contribution in [1.82, 2.24) is 10.2 Å². The molecule has 0 aromatic carbocycles. The van der Waals surface area contributed by atoms with E-state index in [1.807, 2.05) is 11.8 Å². The first-order valence-corrected chi connectivity index (χ1v) is 5.40. The van der Waals surface area contributed by atoms with Crippen LogP contribution in [0.1, 0.15) is 26.2 Å². The van der Waals surface area contributed by atoms with Crippen molar-refractivity contribution in [1.29, 1.82) is 0 Å². The zero-order valence-corrected chi connectivity index (χ0v) is 8.83. The van der Waals surface area contributed by atoms with E-state index in [0.29, 0.717) is 6.42 Å². The lowest BCUT2D eigenvalue weighted by atomic mass is 10.2. The number of rotatable bonds is 5. The number of carbonyl (C=O) groups excluding carboxylic acids is 1. The van der Waals surface area contributed by atoms with E-state index in [2.05, 4.69) is 5.32 Å². The lowest BCUT2D eigenvalue weighted by molar-refractivity contribution is -0.132. The zero-order valence-electron chi connectivity index (χ0n) is 8.83. The molecule has 1 fully saturated rings. The van der Waals surface area contributed by atoms with Crippen LogP contribution < -0.4 is 5.32 Å².